The van der Waals surface area contributed by atoms with E-state index in [-0.39, 0.29) is 23.5 Å². The van der Waals surface area contributed by atoms with E-state index in [2.05, 4.69) is 9.97 Å². The van der Waals surface area contributed by atoms with Gasteiger partial charge in [-0.15, -0.1) is 0 Å². The number of nitrogens with zero attached hydrogens (tertiary/aromatic N) is 3. The molecule has 1 unspecified atom stereocenters. The molecule has 16 heavy (non-hydrogen) atoms. The van der Waals surface area contributed by atoms with Crippen LogP contribution in [0, 0.1) is 0 Å². The number of anilines is 1. The van der Waals surface area contributed by atoms with Crippen LogP contribution in [0.4, 0.5) is 5.82 Å². The van der Waals surface area contributed by atoms with Crippen molar-refractivity contribution in [2.24, 2.45) is 0 Å². The van der Waals surface area contributed by atoms with Gasteiger partial charge < -0.3 is 15.4 Å². The molecule has 0 spiro atoms. The molecule has 86 valence electrons. The summed E-state index contributed by atoms with van der Waals surface area (Å²) in [4.78, 5) is 21.4. The SMILES string of the molecule is CN(C(=O)c1cncc(N)n1)C1CCOC1. The predicted octanol–water partition coefficient (Wildman–Crippen LogP) is -0.0803. The van der Waals surface area contributed by atoms with Gasteiger partial charge in [-0.2, -0.15) is 0 Å². The molecule has 0 bridgehead atoms. The Morgan fingerprint density at radius 2 is 2.44 bits per heavy atom. The van der Waals surface area contributed by atoms with Gasteiger partial charge in [0, 0.05) is 13.7 Å². The monoisotopic (exact) mass is 222 g/mol. The Morgan fingerprint density at radius 3 is 3.06 bits per heavy atom. The zero-order valence-corrected chi connectivity index (χ0v) is 9.09. The summed E-state index contributed by atoms with van der Waals surface area (Å²) >= 11 is 0. The molecular formula is C10H14N4O2. The van der Waals surface area contributed by atoms with Gasteiger partial charge in [0.05, 0.1) is 25.0 Å². The fourth-order valence-electron chi connectivity index (χ4n) is 1.66. The topological polar surface area (TPSA) is 81.3 Å². The van der Waals surface area contributed by atoms with Crippen LogP contribution in [0.1, 0.15) is 16.9 Å². The third-order valence-corrected chi connectivity index (χ3v) is 2.65. The average Bonchev–Trinajstić information content (AvgIpc) is 2.80. The van der Waals surface area contributed by atoms with Crippen molar-refractivity contribution in [2.75, 3.05) is 26.0 Å². The summed E-state index contributed by atoms with van der Waals surface area (Å²) in [5.74, 6) is 0.0808. The Bertz CT molecular complexity index is 390. The first-order valence-electron chi connectivity index (χ1n) is 5.11. The zero-order chi connectivity index (χ0) is 11.5. The van der Waals surface area contributed by atoms with Gasteiger partial charge in [-0.05, 0) is 6.42 Å². The second-order valence-corrected chi connectivity index (χ2v) is 3.76. The van der Waals surface area contributed by atoms with E-state index in [1.165, 1.54) is 12.4 Å². The van der Waals surface area contributed by atoms with E-state index in [0.29, 0.717) is 13.2 Å². The van der Waals surface area contributed by atoms with E-state index in [1.54, 1.807) is 11.9 Å². The molecule has 0 aromatic carbocycles. The van der Waals surface area contributed by atoms with Crippen LogP contribution in [-0.4, -0.2) is 47.1 Å². The minimum Gasteiger partial charge on any atom is -0.382 e. The summed E-state index contributed by atoms with van der Waals surface area (Å²) in [6, 6.07) is 0.121. The molecule has 0 aliphatic carbocycles. The van der Waals surface area contributed by atoms with E-state index in [4.69, 9.17) is 10.5 Å². The van der Waals surface area contributed by atoms with E-state index < -0.39 is 0 Å². The van der Waals surface area contributed by atoms with Crippen LogP contribution in [0.15, 0.2) is 12.4 Å². The van der Waals surface area contributed by atoms with Gasteiger partial charge in [-0.1, -0.05) is 0 Å². The summed E-state index contributed by atoms with van der Waals surface area (Å²) in [5.41, 5.74) is 5.75. The normalized spacial score (nSPS) is 19.7. The number of aromatic nitrogens is 2. The smallest absolute Gasteiger partial charge is 0.274 e. The second kappa shape index (κ2) is 4.44. The summed E-state index contributed by atoms with van der Waals surface area (Å²) in [7, 11) is 1.74. The molecule has 6 heteroatoms. The molecule has 6 nitrogen and oxygen atoms in total. The van der Waals surface area contributed by atoms with Crippen LogP contribution in [-0.2, 0) is 4.74 Å². The number of carbonyl (C=O) groups excluding carboxylic acids is 1. The van der Waals surface area contributed by atoms with Crippen LogP contribution >= 0.6 is 0 Å². The molecule has 1 aromatic rings. The maximum atomic E-state index is 12.0. The van der Waals surface area contributed by atoms with Crippen molar-refractivity contribution in [1.82, 2.24) is 14.9 Å². The quantitative estimate of drug-likeness (QED) is 0.756. The van der Waals surface area contributed by atoms with Crippen molar-refractivity contribution < 1.29 is 9.53 Å². The third kappa shape index (κ3) is 2.11. The molecular weight excluding hydrogens is 208 g/mol. The largest absolute Gasteiger partial charge is 0.382 e. The van der Waals surface area contributed by atoms with Crippen LogP contribution < -0.4 is 5.73 Å². The number of hydrogen-bond acceptors (Lipinski definition) is 5. The van der Waals surface area contributed by atoms with Gasteiger partial charge in [0.1, 0.15) is 11.5 Å². The second-order valence-electron chi connectivity index (χ2n) is 3.76. The highest BCUT2D eigenvalue weighted by Gasteiger charge is 2.25. The summed E-state index contributed by atoms with van der Waals surface area (Å²) in [5, 5.41) is 0. The fourth-order valence-corrected chi connectivity index (χ4v) is 1.66. The molecule has 1 amide bonds. The van der Waals surface area contributed by atoms with Gasteiger partial charge in [0.25, 0.3) is 5.91 Å². The fraction of sp³-hybridized carbons (Fsp3) is 0.500. The van der Waals surface area contributed by atoms with Gasteiger partial charge >= 0.3 is 0 Å². The molecule has 1 saturated heterocycles. The Kier molecular flexibility index (Phi) is 3.00. The van der Waals surface area contributed by atoms with Gasteiger partial charge in [-0.25, -0.2) is 4.98 Å². The average molecular weight is 222 g/mol. The number of nitrogen functional groups attached to an aromatic ring is 1. The van der Waals surface area contributed by atoms with E-state index >= 15 is 0 Å². The number of likely N-dealkylation sites (N-methyl/N-ethyl adjacent to an activating group) is 1. The molecule has 1 aromatic heterocycles. The number of amides is 1. The lowest BCUT2D eigenvalue weighted by molar-refractivity contribution is 0.0705. The highest BCUT2D eigenvalue weighted by atomic mass is 16.5. The van der Waals surface area contributed by atoms with Crippen molar-refractivity contribution in [3.63, 3.8) is 0 Å². The standard InChI is InChI=1S/C10H14N4O2/c1-14(7-2-3-16-6-7)10(15)8-4-12-5-9(11)13-8/h4-5,7H,2-3,6H2,1H3,(H2,11,13). The number of rotatable bonds is 2. The lowest BCUT2D eigenvalue weighted by Crippen LogP contribution is -2.37. The molecule has 1 fully saturated rings. The Labute approximate surface area is 93.4 Å². The highest BCUT2D eigenvalue weighted by Crippen LogP contribution is 2.13. The van der Waals surface area contributed by atoms with E-state index in [0.717, 1.165) is 6.42 Å². The Balaban J connectivity index is 2.12. The molecule has 0 saturated carbocycles. The number of carbonyl (C=O) groups is 1. The van der Waals surface area contributed by atoms with Crippen LogP contribution in [0.25, 0.3) is 0 Å². The van der Waals surface area contributed by atoms with E-state index in [1.807, 2.05) is 0 Å². The minimum atomic E-state index is -0.171. The van der Waals surface area contributed by atoms with Gasteiger partial charge in [0.15, 0.2) is 0 Å². The molecule has 2 heterocycles. The van der Waals surface area contributed by atoms with Crippen molar-refractivity contribution in [2.45, 2.75) is 12.5 Å². The van der Waals surface area contributed by atoms with Gasteiger partial charge in [-0.3, -0.25) is 9.78 Å². The minimum absolute atomic E-state index is 0.121. The molecule has 1 atom stereocenters. The number of hydrogen-bond donors (Lipinski definition) is 1. The van der Waals surface area contributed by atoms with Crippen LogP contribution in [0.2, 0.25) is 0 Å². The zero-order valence-electron chi connectivity index (χ0n) is 9.09. The first-order valence-corrected chi connectivity index (χ1v) is 5.11. The molecule has 0 radical (unpaired) electrons. The maximum absolute atomic E-state index is 12.0. The summed E-state index contributed by atoms with van der Waals surface area (Å²) in [6.45, 7) is 1.28. The molecule has 1 aliphatic heterocycles. The number of nitrogens with two attached hydrogens (primary N) is 1. The lowest BCUT2D eigenvalue weighted by Gasteiger charge is -2.22. The first-order chi connectivity index (χ1) is 7.68. The Morgan fingerprint density at radius 1 is 1.62 bits per heavy atom. The van der Waals surface area contributed by atoms with Crippen LogP contribution in [0.5, 0.6) is 0 Å². The molecule has 1 aliphatic rings. The van der Waals surface area contributed by atoms with Crippen LogP contribution in [0.3, 0.4) is 0 Å². The van der Waals surface area contributed by atoms with Crippen molar-refractivity contribution in [3.8, 4) is 0 Å². The lowest BCUT2D eigenvalue weighted by atomic mass is 10.2. The third-order valence-electron chi connectivity index (χ3n) is 2.65. The summed E-state index contributed by atoms with van der Waals surface area (Å²) in [6.07, 6.45) is 3.69. The summed E-state index contributed by atoms with van der Waals surface area (Å²) < 4.78 is 5.23. The predicted molar refractivity (Wildman–Crippen MR) is 57.8 cm³/mol. The van der Waals surface area contributed by atoms with E-state index in [9.17, 15) is 4.79 Å². The van der Waals surface area contributed by atoms with Crippen molar-refractivity contribution >= 4 is 11.7 Å². The Hall–Kier alpha value is -1.69. The van der Waals surface area contributed by atoms with Crippen molar-refractivity contribution in [1.29, 1.82) is 0 Å². The number of ether oxygens (including phenoxy) is 1. The highest BCUT2D eigenvalue weighted by molar-refractivity contribution is 5.92. The van der Waals surface area contributed by atoms with Gasteiger partial charge in [0.2, 0.25) is 0 Å². The maximum Gasteiger partial charge on any atom is 0.274 e. The molecule has 2 N–H and O–H groups in total. The van der Waals surface area contributed by atoms with Crippen molar-refractivity contribution in [3.05, 3.63) is 18.1 Å². The molecule has 2 rings (SSSR count). The first kappa shape index (κ1) is 10.8.